The molecule has 25 heavy (non-hydrogen) atoms. The highest BCUT2D eigenvalue weighted by molar-refractivity contribution is 5.99. The van der Waals surface area contributed by atoms with Crippen molar-refractivity contribution >= 4 is 23.1 Å². The molecule has 0 atom stereocenters. The number of nitrogens with zero attached hydrogens (tertiary/aromatic N) is 1. The topological polar surface area (TPSA) is 58.4 Å². The minimum absolute atomic E-state index is 0.278. The van der Waals surface area contributed by atoms with Gasteiger partial charge in [0.1, 0.15) is 5.82 Å². The summed E-state index contributed by atoms with van der Waals surface area (Å²) < 4.78 is 13.0. The monoisotopic (exact) mass is 335 g/mol. The number of halogens is 1. The second kappa shape index (κ2) is 7.49. The predicted molar refractivity (Wildman–Crippen MR) is 98.1 cm³/mol. The molecule has 0 aliphatic carbocycles. The van der Waals surface area contributed by atoms with Crippen molar-refractivity contribution in [1.82, 2.24) is 5.32 Å². The SMILES string of the molecule is Nc1ccc(N(C(=O)NCc2ccc(F)cc2)c2ccccc2)cc1. The molecule has 0 aliphatic heterocycles. The van der Waals surface area contributed by atoms with Gasteiger partial charge in [-0.05, 0) is 54.1 Å². The van der Waals surface area contributed by atoms with Crippen LogP contribution in [0.3, 0.4) is 0 Å². The van der Waals surface area contributed by atoms with E-state index in [0.29, 0.717) is 17.9 Å². The number of hydrogen-bond acceptors (Lipinski definition) is 2. The van der Waals surface area contributed by atoms with Gasteiger partial charge >= 0.3 is 6.03 Å². The highest BCUT2D eigenvalue weighted by Gasteiger charge is 2.17. The Morgan fingerprint density at radius 3 is 2.12 bits per heavy atom. The van der Waals surface area contributed by atoms with Gasteiger partial charge in [-0.1, -0.05) is 30.3 Å². The first-order valence-electron chi connectivity index (χ1n) is 7.86. The zero-order chi connectivity index (χ0) is 17.6. The Balaban J connectivity index is 1.82. The Morgan fingerprint density at radius 1 is 0.880 bits per heavy atom. The van der Waals surface area contributed by atoms with E-state index in [2.05, 4.69) is 5.32 Å². The van der Waals surface area contributed by atoms with Crippen LogP contribution < -0.4 is 16.0 Å². The summed E-state index contributed by atoms with van der Waals surface area (Å²) in [6.07, 6.45) is 0. The maximum absolute atomic E-state index is 13.0. The third-order valence-corrected chi connectivity index (χ3v) is 3.73. The van der Waals surface area contributed by atoms with E-state index in [1.54, 1.807) is 41.3 Å². The Bertz CT molecular complexity index is 833. The molecular formula is C20H18FN3O. The number of carbonyl (C=O) groups is 1. The fourth-order valence-electron chi connectivity index (χ4n) is 2.44. The van der Waals surface area contributed by atoms with Gasteiger partial charge in [0.25, 0.3) is 0 Å². The number of nitrogen functional groups attached to an aromatic ring is 1. The Labute approximate surface area is 145 Å². The lowest BCUT2D eigenvalue weighted by Crippen LogP contribution is -2.36. The summed E-state index contributed by atoms with van der Waals surface area (Å²) in [5.41, 5.74) is 8.63. The summed E-state index contributed by atoms with van der Waals surface area (Å²) in [5.74, 6) is -0.303. The fourth-order valence-corrected chi connectivity index (χ4v) is 2.44. The highest BCUT2D eigenvalue weighted by atomic mass is 19.1. The van der Waals surface area contributed by atoms with E-state index in [0.717, 1.165) is 11.3 Å². The standard InChI is InChI=1S/C20H18FN3O/c21-16-8-6-15(7-9-16)14-23-20(25)24(18-4-2-1-3-5-18)19-12-10-17(22)11-13-19/h1-13H,14,22H2,(H,23,25). The number of rotatable bonds is 4. The molecule has 2 amide bonds. The van der Waals surface area contributed by atoms with E-state index in [4.69, 9.17) is 5.73 Å². The van der Waals surface area contributed by atoms with Crippen LogP contribution in [-0.4, -0.2) is 6.03 Å². The lowest BCUT2D eigenvalue weighted by atomic mass is 10.2. The smallest absolute Gasteiger partial charge is 0.326 e. The minimum Gasteiger partial charge on any atom is -0.399 e. The molecule has 0 heterocycles. The first-order valence-corrected chi connectivity index (χ1v) is 7.86. The van der Waals surface area contributed by atoms with Gasteiger partial charge in [0.15, 0.2) is 0 Å². The molecule has 0 aliphatic rings. The van der Waals surface area contributed by atoms with Crippen LogP contribution in [0.25, 0.3) is 0 Å². The average molecular weight is 335 g/mol. The molecule has 0 saturated heterocycles. The molecular weight excluding hydrogens is 317 g/mol. The van der Waals surface area contributed by atoms with Crippen LogP contribution in [0, 0.1) is 5.82 Å². The Hall–Kier alpha value is -3.34. The quantitative estimate of drug-likeness (QED) is 0.692. The van der Waals surface area contributed by atoms with E-state index in [-0.39, 0.29) is 11.8 Å². The van der Waals surface area contributed by atoms with Gasteiger partial charge in [0.2, 0.25) is 0 Å². The third kappa shape index (κ3) is 4.14. The lowest BCUT2D eigenvalue weighted by molar-refractivity contribution is 0.248. The molecule has 0 aromatic heterocycles. The number of hydrogen-bond donors (Lipinski definition) is 2. The van der Waals surface area contributed by atoms with Gasteiger partial charge < -0.3 is 11.1 Å². The highest BCUT2D eigenvalue weighted by Crippen LogP contribution is 2.26. The molecule has 0 bridgehead atoms. The largest absolute Gasteiger partial charge is 0.399 e. The number of anilines is 3. The number of para-hydroxylation sites is 1. The molecule has 4 nitrogen and oxygen atoms in total. The Kier molecular flexibility index (Phi) is 4.95. The van der Waals surface area contributed by atoms with Crippen molar-refractivity contribution < 1.29 is 9.18 Å². The second-order valence-electron chi connectivity index (χ2n) is 5.55. The zero-order valence-electron chi connectivity index (χ0n) is 13.5. The van der Waals surface area contributed by atoms with Crippen molar-refractivity contribution in [3.8, 4) is 0 Å². The number of carbonyl (C=O) groups excluding carboxylic acids is 1. The van der Waals surface area contributed by atoms with E-state index in [9.17, 15) is 9.18 Å². The molecule has 0 radical (unpaired) electrons. The van der Waals surface area contributed by atoms with Crippen LogP contribution >= 0.6 is 0 Å². The number of amides is 2. The maximum Gasteiger partial charge on any atom is 0.326 e. The Morgan fingerprint density at radius 2 is 1.48 bits per heavy atom. The van der Waals surface area contributed by atoms with Crippen LogP contribution in [0.2, 0.25) is 0 Å². The number of urea groups is 1. The van der Waals surface area contributed by atoms with Crippen molar-refractivity contribution in [3.63, 3.8) is 0 Å². The molecule has 5 heteroatoms. The molecule has 0 fully saturated rings. The average Bonchev–Trinajstić information content (AvgIpc) is 2.64. The first kappa shape index (κ1) is 16.5. The summed E-state index contributed by atoms with van der Waals surface area (Å²) in [7, 11) is 0. The molecule has 126 valence electrons. The maximum atomic E-state index is 13.0. The van der Waals surface area contributed by atoms with Crippen molar-refractivity contribution in [2.24, 2.45) is 0 Å². The van der Waals surface area contributed by atoms with E-state index in [1.165, 1.54) is 12.1 Å². The molecule has 3 rings (SSSR count). The number of benzene rings is 3. The van der Waals surface area contributed by atoms with E-state index in [1.807, 2.05) is 30.3 Å². The van der Waals surface area contributed by atoms with Crippen molar-refractivity contribution in [3.05, 3.63) is 90.2 Å². The lowest BCUT2D eigenvalue weighted by Gasteiger charge is -2.23. The van der Waals surface area contributed by atoms with E-state index < -0.39 is 0 Å². The van der Waals surface area contributed by atoms with Crippen LogP contribution in [0.5, 0.6) is 0 Å². The first-order chi connectivity index (χ1) is 12.1. The van der Waals surface area contributed by atoms with Crippen LogP contribution in [-0.2, 0) is 6.54 Å². The van der Waals surface area contributed by atoms with Crippen LogP contribution in [0.1, 0.15) is 5.56 Å². The van der Waals surface area contributed by atoms with Crippen LogP contribution in [0.15, 0.2) is 78.9 Å². The molecule has 3 N–H and O–H groups in total. The summed E-state index contributed by atoms with van der Waals surface area (Å²) >= 11 is 0. The van der Waals surface area contributed by atoms with Gasteiger partial charge in [-0.3, -0.25) is 4.90 Å². The van der Waals surface area contributed by atoms with Gasteiger partial charge in [-0.15, -0.1) is 0 Å². The molecule has 3 aromatic carbocycles. The van der Waals surface area contributed by atoms with Crippen LogP contribution in [0.4, 0.5) is 26.2 Å². The molecule has 3 aromatic rings. The molecule has 0 saturated carbocycles. The molecule has 0 spiro atoms. The summed E-state index contributed by atoms with van der Waals surface area (Å²) in [4.78, 5) is 14.4. The van der Waals surface area contributed by atoms with Gasteiger partial charge in [-0.25, -0.2) is 9.18 Å². The second-order valence-corrected chi connectivity index (χ2v) is 5.55. The van der Waals surface area contributed by atoms with Gasteiger partial charge in [0.05, 0.1) is 11.4 Å². The zero-order valence-corrected chi connectivity index (χ0v) is 13.5. The summed E-state index contributed by atoms with van der Waals surface area (Å²) in [6, 6.07) is 22.2. The predicted octanol–water partition coefficient (Wildman–Crippen LogP) is 4.46. The van der Waals surface area contributed by atoms with E-state index >= 15 is 0 Å². The van der Waals surface area contributed by atoms with Crippen molar-refractivity contribution in [2.75, 3.05) is 10.6 Å². The molecule has 0 unspecified atom stereocenters. The third-order valence-electron chi connectivity index (χ3n) is 3.73. The minimum atomic E-state index is -0.303. The number of nitrogens with two attached hydrogens (primary N) is 1. The summed E-state index contributed by atoms with van der Waals surface area (Å²) in [6.45, 7) is 0.303. The fraction of sp³-hybridized carbons (Fsp3) is 0.0500. The number of nitrogens with one attached hydrogen (secondary N) is 1. The van der Waals surface area contributed by atoms with Gasteiger partial charge in [-0.2, -0.15) is 0 Å². The van der Waals surface area contributed by atoms with Crippen molar-refractivity contribution in [1.29, 1.82) is 0 Å². The summed E-state index contributed by atoms with van der Waals surface area (Å²) in [5, 5.41) is 2.86. The normalized spacial score (nSPS) is 10.3. The van der Waals surface area contributed by atoms with Crippen molar-refractivity contribution in [2.45, 2.75) is 6.54 Å². The van der Waals surface area contributed by atoms with Gasteiger partial charge in [0, 0.05) is 12.2 Å².